The summed E-state index contributed by atoms with van der Waals surface area (Å²) < 4.78 is 59.7. The fourth-order valence-corrected chi connectivity index (χ4v) is 9.01. The van der Waals surface area contributed by atoms with E-state index in [4.69, 9.17) is 4.74 Å². The molecule has 6 rings (SSSR count). The van der Waals surface area contributed by atoms with Gasteiger partial charge in [0.15, 0.2) is 0 Å². The molecule has 3 aromatic rings. The highest BCUT2D eigenvalue weighted by Gasteiger charge is 2.46. The van der Waals surface area contributed by atoms with Gasteiger partial charge in [0.05, 0.1) is 28.2 Å². The lowest BCUT2D eigenvalue weighted by molar-refractivity contribution is -0.126. The van der Waals surface area contributed by atoms with Gasteiger partial charge in [-0.1, -0.05) is 24.0 Å². The predicted octanol–water partition coefficient (Wildman–Crippen LogP) is 7.55. The molecule has 2 aromatic carbocycles. The molecule has 44 heavy (non-hydrogen) atoms. The monoisotopic (exact) mass is 643 g/mol. The van der Waals surface area contributed by atoms with Gasteiger partial charge in [0.25, 0.3) is 0 Å². The Balaban J connectivity index is 1.12. The molecule has 0 unspecified atom stereocenters. The summed E-state index contributed by atoms with van der Waals surface area (Å²) in [6.07, 6.45) is 1.44. The summed E-state index contributed by atoms with van der Waals surface area (Å²) in [7, 11) is -2.33. The molecular formula is C34H41F3N3O2PS. The number of halogens is 3. The number of thiophene rings is 1. The van der Waals surface area contributed by atoms with E-state index in [2.05, 4.69) is 27.4 Å². The lowest BCUT2D eigenvalue weighted by Crippen LogP contribution is -2.62. The molecule has 10 heteroatoms. The minimum atomic E-state index is -4.33. The van der Waals surface area contributed by atoms with Gasteiger partial charge >= 0.3 is 6.18 Å². The van der Waals surface area contributed by atoms with Crippen LogP contribution in [0.1, 0.15) is 49.0 Å². The van der Waals surface area contributed by atoms with Crippen LogP contribution in [0.2, 0.25) is 0 Å². The van der Waals surface area contributed by atoms with Gasteiger partial charge in [0, 0.05) is 54.8 Å². The molecule has 3 aliphatic rings. The van der Waals surface area contributed by atoms with E-state index in [1.54, 1.807) is 19.4 Å². The highest BCUT2D eigenvalue weighted by atomic mass is 32.1. The van der Waals surface area contributed by atoms with Gasteiger partial charge in [-0.3, -0.25) is 4.90 Å². The van der Waals surface area contributed by atoms with Gasteiger partial charge in [-0.25, -0.2) is 0 Å². The third-order valence-corrected chi connectivity index (χ3v) is 12.2. The first kappa shape index (κ1) is 31.5. The van der Waals surface area contributed by atoms with E-state index in [0.29, 0.717) is 27.8 Å². The molecule has 2 N–H and O–H groups in total. The Morgan fingerprint density at radius 1 is 1.05 bits per heavy atom. The predicted molar refractivity (Wildman–Crippen MR) is 176 cm³/mol. The molecule has 3 heterocycles. The minimum Gasteiger partial charge on any atom is -0.381 e. The zero-order chi connectivity index (χ0) is 31.0. The summed E-state index contributed by atoms with van der Waals surface area (Å²) in [5.74, 6) is 6.06. The summed E-state index contributed by atoms with van der Waals surface area (Å²) in [5.41, 5.74) is 2.46. The number of nitrogens with zero attached hydrogens (tertiary/aromatic N) is 1. The molecule has 0 bridgehead atoms. The van der Waals surface area contributed by atoms with Crippen molar-refractivity contribution in [3.8, 4) is 11.8 Å². The molecule has 1 spiro atoms. The molecule has 2 saturated heterocycles. The topological polar surface area (TPSA) is 53.6 Å². The summed E-state index contributed by atoms with van der Waals surface area (Å²) in [6.45, 7) is 7.93. The van der Waals surface area contributed by atoms with Gasteiger partial charge in [-0.05, 0) is 93.1 Å². The first-order valence-electron chi connectivity index (χ1n) is 15.6. The van der Waals surface area contributed by atoms with E-state index in [1.807, 2.05) is 36.4 Å². The van der Waals surface area contributed by atoms with E-state index in [-0.39, 0.29) is 12.1 Å². The number of nitrogens with one attached hydrogen (secondary N) is 2. The molecule has 5 nitrogen and oxygen atoms in total. The van der Waals surface area contributed by atoms with Crippen LogP contribution in [0.25, 0.3) is 10.1 Å². The number of hydrogen-bond donors (Lipinski definition) is 2. The van der Waals surface area contributed by atoms with E-state index < -0.39 is 19.7 Å². The summed E-state index contributed by atoms with van der Waals surface area (Å²) in [5, 5.41) is 8.32. The van der Waals surface area contributed by atoms with E-state index in [0.717, 1.165) is 60.3 Å². The van der Waals surface area contributed by atoms with Gasteiger partial charge in [0.1, 0.15) is 7.14 Å². The van der Waals surface area contributed by atoms with Crippen molar-refractivity contribution < 1.29 is 22.5 Å². The van der Waals surface area contributed by atoms with Gasteiger partial charge < -0.3 is 19.9 Å². The van der Waals surface area contributed by atoms with Crippen LogP contribution >= 0.6 is 18.5 Å². The third kappa shape index (κ3) is 7.31. The summed E-state index contributed by atoms with van der Waals surface area (Å²) >= 11 is 1.35. The standard InChI is InChI=1S/C34H41F3N3O2PS/c1-43(2,41)27-14-10-24(11-15-27)38-18-4-7-31-29(21-34(35,36)37)28-5-3-6-30(32(28)44-31)39-25-8-12-26(13-9-25)40-22-33(23-40)16-19-42-20-17-33/h3,5-6,10-11,14-15,25-26,38-39H,8-9,12-13,16-23H2,1-2H3. The molecule has 0 amide bonds. The zero-order valence-electron chi connectivity index (χ0n) is 25.4. The smallest absolute Gasteiger partial charge is 0.381 e. The van der Waals surface area contributed by atoms with Crippen molar-refractivity contribution in [3.05, 3.63) is 52.9 Å². The number of alkyl halides is 3. The Labute approximate surface area is 262 Å². The van der Waals surface area contributed by atoms with Crippen LogP contribution in [0, 0.1) is 17.3 Å². The SMILES string of the molecule is CP(C)(=O)c1ccc(NCC#Cc2sc3c(NC4CCC(N5CC6(CCOCC6)C5)CC4)cccc3c2CC(F)(F)F)cc1. The second-order valence-electron chi connectivity index (χ2n) is 13.1. The number of hydrogen-bond acceptors (Lipinski definition) is 6. The van der Waals surface area contributed by atoms with E-state index in [1.165, 1.54) is 37.3 Å². The third-order valence-electron chi connectivity index (χ3n) is 9.47. The van der Waals surface area contributed by atoms with Crippen LogP contribution in [0.5, 0.6) is 0 Å². The molecule has 1 saturated carbocycles. The Hall–Kier alpha value is -2.50. The van der Waals surface area contributed by atoms with Crippen molar-refractivity contribution in [2.24, 2.45) is 5.41 Å². The van der Waals surface area contributed by atoms with E-state index in [9.17, 15) is 17.7 Å². The average molecular weight is 644 g/mol. The van der Waals surface area contributed by atoms with Crippen molar-refractivity contribution in [2.45, 2.75) is 63.2 Å². The molecule has 0 radical (unpaired) electrons. The molecule has 0 atom stereocenters. The quantitative estimate of drug-likeness (QED) is 0.206. The van der Waals surface area contributed by atoms with Crippen LogP contribution in [-0.4, -0.2) is 69.3 Å². The first-order valence-corrected chi connectivity index (χ1v) is 19.0. The van der Waals surface area contributed by atoms with E-state index >= 15 is 0 Å². The van der Waals surface area contributed by atoms with Crippen LogP contribution in [0.4, 0.5) is 24.5 Å². The number of benzene rings is 2. The zero-order valence-corrected chi connectivity index (χ0v) is 27.1. The maximum Gasteiger partial charge on any atom is 0.393 e. The lowest BCUT2D eigenvalue weighted by atomic mass is 9.71. The largest absolute Gasteiger partial charge is 0.393 e. The number of fused-ring (bicyclic) bond motifs is 1. The minimum absolute atomic E-state index is 0.253. The van der Waals surface area contributed by atoms with Gasteiger partial charge in [0.2, 0.25) is 0 Å². The normalized spacial score (nSPS) is 22.3. The molecule has 236 valence electrons. The fraction of sp³-hybridized carbons (Fsp3) is 0.529. The van der Waals surface area contributed by atoms with Crippen LogP contribution in [-0.2, 0) is 15.7 Å². The van der Waals surface area contributed by atoms with Crippen molar-refractivity contribution in [3.63, 3.8) is 0 Å². The number of ether oxygens (including phenoxy) is 1. The van der Waals surface area contributed by atoms with Crippen molar-refractivity contribution in [1.29, 1.82) is 0 Å². The Kier molecular flexibility index (Phi) is 9.10. The number of rotatable bonds is 7. The highest BCUT2D eigenvalue weighted by Crippen LogP contribution is 2.44. The van der Waals surface area contributed by atoms with Crippen molar-refractivity contribution in [2.75, 3.05) is 56.8 Å². The summed E-state index contributed by atoms with van der Waals surface area (Å²) in [4.78, 5) is 3.12. The Morgan fingerprint density at radius 3 is 2.41 bits per heavy atom. The second kappa shape index (κ2) is 12.7. The maximum atomic E-state index is 13.7. The van der Waals surface area contributed by atoms with Crippen molar-refractivity contribution >= 4 is 45.2 Å². The maximum absolute atomic E-state index is 13.7. The molecule has 1 aromatic heterocycles. The van der Waals surface area contributed by atoms with Crippen LogP contribution in [0.3, 0.4) is 0 Å². The van der Waals surface area contributed by atoms with Gasteiger partial charge in [-0.15, -0.1) is 11.3 Å². The molecular weight excluding hydrogens is 602 g/mol. The second-order valence-corrected chi connectivity index (χ2v) is 17.3. The molecule has 3 fully saturated rings. The highest BCUT2D eigenvalue weighted by molar-refractivity contribution is 7.70. The summed E-state index contributed by atoms with van der Waals surface area (Å²) in [6, 6.07) is 13.9. The molecule has 1 aliphatic carbocycles. The number of anilines is 2. The van der Waals surface area contributed by atoms with Crippen LogP contribution < -0.4 is 15.9 Å². The lowest BCUT2D eigenvalue weighted by Gasteiger charge is -2.56. The molecule has 2 aliphatic heterocycles. The van der Waals surface area contributed by atoms with Gasteiger partial charge in [-0.2, -0.15) is 13.2 Å². The first-order chi connectivity index (χ1) is 21.0. The average Bonchev–Trinajstić information content (AvgIpc) is 3.31. The van der Waals surface area contributed by atoms with Crippen molar-refractivity contribution in [1.82, 2.24) is 4.90 Å². The van der Waals surface area contributed by atoms with Crippen LogP contribution in [0.15, 0.2) is 42.5 Å². The number of likely N-dealkylation sites (tertiary alicyclic amines) is 1. The Morgan fingerprint density at radius 2 is 1.75 bits per heavy atom. The Bertz CT molecular complexity index is 1570. The fourth-order valence-electron chi connectivity index (χ4n) is 6.97.